The van der Waals surface area contributed by atoms with Crippen molar-refractivity contribution in [2.24, 2.45) is 0 Å². The van der Waals surface area contributed by atoms with Gasteiger partial charge in [-0.05, 0) is 71.1 Å². The predicted molar refractivity (Wildman–Crippen MR) is 114 cm³/mol. The lowest BCUT2D eigenvalue weighted by Gasteiger charge is -2.04. The lowest BCUT2D eigenvalue weighted by atomic mass is 10.0. The maximum Gasteiger partial charge on any atom is 0.258 e. The molecule has 3 aromatic heterocycles. The van der Waals surface area contributed by atoms with Gasteiger partial charge in [-0.1, -0.05) is 23.4 Å². The summed E-state index contributed by atoms with van der Waals surface area (Å²) in [5.74, 6) is 1.70. The van der Waals surface area contributed by atoms with Crippen molar-refractivity contribution in [2.75, 3.05) is 12.4 Å². The summed E-state index contributed by atoms with van der Waals surface area (Å²) >= 11 is 1.64. The first-order chi connectivity index (χ1) is 13.7. The summed E-state index contributed by atoms with van der Waals surface area (Å²) in [6.45, 7) is 4.23. The van der Waals surface area contributed by atoms with Crippen LogP contribution in [0, 0.1) is 13.8 Å². The molecule has 1 aromatic carbocycles. The third-order valence-corrected chi connectivity index (χ3v) is 5.30. The van der Waals surface area contributed by atoms with E-state index in [0.717, 1.165) is 22.3 Å². The fourth-order valence-electron chi connectivity index (χ4n) is 2.93. The Morgan fingerprint density at radius 1 is 1.14 bits per heavy atom. The molecule has 1 N–H and O–H groups in total. The zero-order valence-electron chi connectivity index (χ0n) is 15.9. The van der Waals surface area contributed by atoms with E-state index in [4.69, 9.17) is 4.52 Å². The molecule has 0 radical (unpaired) electrons. The molecule has 0 fully saturated rings. The van der Waals surface area contributed by atoms with Crippen LogP contribution in [0.4, 0.5) is 5.82 Å². The molecule has 0 saturated carbocycles. The highest BCUT2D eigenvalue weighted by atomic mass is 32.1. The highest BCUT2D eigenvalue weighted by Crippen LogP contribution is 2.30. The van der Waals surface area contributed by atoms with Gasteiger partial charge in [0.1, 0.15) is 5.82 Å². The molecule has 0 bridgehead atoms. The fourth-order valence-corrected chi connectivity index (χ4v) is 3.59. The minimum Gasteiger partial charge on any atom is -0.373 e. The molecule has 6 heteroatoms. The molecule has 5 nitrogen and oxygen atoms in total. The van der Waals surface area contributed by atoms with E-state index in [2.05, 4.69) is 70.0 Å². The first-order valence-electron chi connectivity index (χ1n) is 8.94. The number of pyridine rings is 1. The molecule has 0 unspecified atom stereocenters. The van der Waals surface area contributed by atoms with Crippen molar-refractivity contribution < 1.29 is 4.52 Å². The standard InChI is InChI=1S/C22H20N4OS/c1-14-6-7-16(11-15(14)2)12-19(17-8-10-28-13-17)22-25-21(26-27-22)18-5-4-9-24-20(18)23-3/h4-13H,1-3H3,(H,23,24). The van der Waals surface area contributed by atoms with Crippen LogP contribution in [0.15, 0.2) is 57.9 Å². The van der Waals surface area contributed by atoms with Gasteiger partial charge >= 0.3 is 0 Å². The smallest absolute Gasteiger partial charge is 0.258 e. The second kappa shape index (κ2) is 7.78. The third kappa shape index (κ3) is 3.59. The van der Waals surface area contributed by atoms with Gasteiger partial charge in [0.2, 0.25) is 5.82 Å². The van der Waals surface area contributed by atoms with Crippen molar-refractivity contribution >= 4 is 28.8 Å². The Morgan fingerprint density at radius 3 is 2.79 bits per heavy atom. The van der Waals surface area contributed by atoms with Crippen LogP contribution in [0.3, 0.4) is 0 Å². The molecule has 0 aliphatic carbocycles. The van der Waals surface area contributed by atoms with Gasteiger partial charge < -0.3 is 9.84 Å². The van der Waals surface area contributed by atoms with Gasteiger partial charge in [0, 0.05) is 18.8 Å². The zero-order valence-corrected chi connectivity index (χ0v) is 16.7. The summed E-state index contributed by atoms with van der Waals surface area (Å²) in [4.78, 5) is 8.98. The van der Waals surface area contributed by atoms with Gasteiger partial charge in [-0.2, -0.15) is 16.3 Å². The number of aromatic nitrogens is 3. The largest absolute Gasteiger partial charge is 0.373 e. The van der Waals surface area contributed by atoms with Crippen LogP contribution >= 0.6 is 11.3 Å². The van der Waals surface area contributed by atoms with Crippen LogP contribution in [0.1, 0.15) is 28.1 Å². The van der Waals surface area contributed by atoms with Crippen LogP contribution in [0.5, 0.6) is 0 Å². The van der Waals surface area contributed by atoms with E-state index >= 15 is 0 Å². The number of aryl methyl sites for hydroxylation is 2. The maximum absolute atomic E-state index is 5.65. The minimum absolute atomic E-state index is 0.484. The molecule has 28 heavy (non-hydrogen) atoms. The van der Waals surface area contributed by atoms with E-state index in [0.29, 0.717) is 17.5 Å². The SMILES string of the molecule is CNc1ncccc1-c1noc(C(=Cc2ccc(C)c(C)c2)c2ccsc2)n1. The molecule has 0 aliphatic rings. The fraction of sp³-hybridized carbons (Fsp3) is 0.136. The van der Waals surface area contributed by atoms with Gasteiger partial charge in [-0.15, -0.1) is 0 Å². The lowest BCUT2D eigenvalue weighted by molar-refractivity contribution is 0.409. The van der Waals surface area contributed by atoms with Crippen LogP contribution in [0.25, 0.3) is 23.0 Å². The van der Waals surface area contributed by atoms with Gasteiger partial charge in [-0.3, -0.25) is 0 Å². The number of anilines is 1. The summed E-state index contributed by atoms with van der Waals surface area (Å²) in [7, 11) is 1.82. The molecule has 4 aromatic rings. The van der Waals surface area contributed by atoms with Crippen molar-refractivity contribution in [3.05, 3.63) is 81.5 Å². The van der Waals surface area contributed by atoms with Crippen LogP contribution in [0.2, 0.25) is 0 Å². The monoisotopic (exact) mass is 388 g/mol. The Hall–Kier alpha value is -3.25. The molecule has 3 heterocycles. The third-order valence-electron chi connectivity index (χ3n) is 4.62. The predicted octanol–water partition coefficient (Wildman–Crippen LogP) is 5.44. The average molecular weight is 388 g/mol. The number of thiophene rings is 1. The second-order valence-corrected chi connectivity index (χ2v) is 7.27. The van der Waals surface area contributed by atoms with E-state index in [-0.39, 0.29) is 0 Å². The van der Waals surface area contributed by atoms with Gasteiger partial charge in [0.15, 0.2) is 0 Å². The molecule has 0 atom stereocenters. The molecule has 0 spiro atoms. The van der Waals surface area contributed by atoms with Crippen molar-refractivity contribution in [1.29, 1.82) is 0 Å². The van der Waals surface area contributed by atoms with E-state index in [1.807, 2.05) is 24.6 Å². The summed E-state index contributed by atoms with van der Waals surface area (Å²) in [6, 6.07) is 12.2. The van der Waals surface area contributed by atoms with E-state index < -0.39 is 0 Å². The number of hydrogen-bond acceptors (Lipinski definition) is 6. The van der Waals surface area contributed by atoms with Crippen LogP contribution in [-0.4, -0.2) is 22.2 Å². The Bertz CT molecular complexity index is 1130. The quantitative estimate of drug-likeness (QED) is 0.493. The van der Waals surface area contributed by atoms with Crippen LogP contribution < -0.4 is 5.32 Å². The Labute approximate surface area is 167 Å². The Balaban J connectivity index is 1.79. The summed E-state index contributed by atoms with van der Waals surface area (Å²) in [5.41, 5.74) is 6.37. The average Bonchev–Trinajstić information content (AvgIpc) is 3.41. The molecule has 0 amide bonds. The first kappa shape index (κ1) is 18.1. The number of nitrogens with one attached hydrogen (secondary N) is 1. The van der Waals surface area contributed by atoms with E-state index in [1.54, 1.807) is 17.5 Å². The van der Waals surface area contributed by atoms with Crippen molar-refractivity contribution in [3.63, 3.8) is 0 Å². The number of hydrogen-bond donors (Lipinski definition) is 1. The first-order valence-corrected chi connectivity index (χ1v) is 9.88. The summed E-state index contributed by atoms with van der Waals surface area (Å²) < 4.78 is 5.65. The van der Waals surface area contributed by atoms with Crippen molar-refractivity contribution in [3.8, 4) is 11.4 Å². The summed E-state index contributed by atoms with van der Waals surface area (Å²) in [6.07, 6.45) is 3.82. The van der Waals surface area contributed by atoms with E-state index in [9.17, 15) is 0 Å². The van der Waals surface area contributed by atoms with Crippen LogP contribution in [-0.2, 0) is 0 Å². The lowest BCUT2D eigenvalue weighted by Crippen LogP contribution is -1.96. The van der Waals surface area contributed by atoms with Gasteiger partial charge in [0.05, 0.1) is 5.56 Å². The Morgan fingerprint density at radius 2 is 2.04 bits per heavy atom. The van der Waals surface area contributed by atoms with Gasteiger partial charge in [0.25, 0.3) is 5.89 Å². The highest BCUT2D eigenvalue weighted by Gasteiger charge is 2.17. The van der Waals surface area contributed by atoms with Crippen molar-refractivity contribution in [2.45, 2.75) is 13.8 Å². The molecular formula is C22H20N4OS. The van der Waals surface area contributed by atoms with Crippen molar-refractivity contribution in [1.82, 2.24) is 15.1 Å². The number of benzene rings is 1. The molecule has 140 valence electrons. The molecule has 0 aliphatic heterocycles. The molecule has 4 rings (SSSR count). The van der Waals surface area contributed by atoms with E-state index in [1.165, 1.54) is 11.1 Å². The topological polar surface area (TPSA) is 63.8 Å². The summed E-state index contributed by atoms with van der Waals surface area (Å²) in [5, 5.41) is 11.4. The maximum atomic E-state index is 5.65. The van der Waals surface area contributed by atoms with Gasteiger partial charge in [-0.25, -0.2) is 4.98 Å². The molecule has 0 saturated heterocycles. The minimum atomic E-state index is 0.484. The zero-order chi connectivity index (χ0) is 19.5. The number of nitrogens with zero attached hydrogens (tertiary/aromatic N) is 3. The second-order valence-electron chi connectivity index (χ2n) is 6.49. The number of rotatable bonds is 5. The normalized spacial score (nSPS) is 11.6. The Kier molecular flexibility index (Phi) is 5.04. The molecular weight excluding hydrogens is 368 g/mol. The highest BCUT2D eigenvalue weighted by molar-refractivity contribution is 7.08.